The van der Waals surface area contributed by atoms with Crippen LogP contribution in [0.4, 0.5) is 0 Å². The van der Waals surface area contributed by atoms with Crippen molar-refractivity contribution in [1.29, 1.82) is 0 Å². The van der Waals surface area contributed by atoms with Gasteiger partial charge in [-0.05, 0) is 30.2 Å². The number of rotatable bonds is 2. The Morgan fingerprint density at radius 2 is 2.27 bits per heavy atom. The molecule has 0 unspecified atom stereocenters. The van der Waals surface area contributed by atoms with Crippen molar-refractivity contribution in [1.82, 2.24) is 0 Å². The van der Waals surface area contributed by atoms with Crippen molar-refractivity contribution in [3.8, 4) is 0 Å². The molecule has 1 aromatic rings. The molecule has 0 atom stereocenters. The van der Waals surface area contributed by atoms with Crippen molar-refractivity contribution in [2.75, 3.05) is 12.3 Å². The van der Waals surface area contributed by atoms with Gasteiger partial charge >= 0.3 is 0 Å². The van der Waals surface area contributed by atoms with Crippen LogP contribution in [0.3, 0.4) is 0 Å². The fourth-order valence-corrected chi connectivity index (χ4v) is 2.60. The lowest BCUT2D eigenvalue weighted by Crippen LogP contribution is -2.00. The molecule has 1 heterocycles. The van der Waals surface area contributed by atoms with Crippen LogP contribution in [0.1, 0.15) is 12.0 Å². The van der Waals surface area contributed by atoms with Crippen LogP contribution in [0.2, 0.25) is 0 Å². The standard InChI is InChI=1S/C12H12BrNS/c13-11-4-1-3-10(9-11)5-6-12-14-7-2-8-15-12/h1,3-6,9H,2,7-8H2. The Labute approximate surface area is 103 Å². The minimum atomic E-state index is 0.977. The predicted octanol–water partition coefficient (Wildman–Crippen LogP) is 4.00. The van der Waals surface area contributed by atoms with Gasteiger partial charge in [0.05, 0.1) is 5.04 Å². The van der Waals surface area contributed by atoms with Gasteiger partial charge in [-0.25, -0.2) is 0 Å². The normalized spacial score (nSPS) is 16.7. The van der Waals surface area contributed by atoms with Gasteiger partial charge in [0.25, 0.3) is 0 Å². The highest BCUT2D eigenvalue weighted by molar-refractivity contribution is 9.10. The SMILES string of the molecule is Brc1cccc(C=CC2=NCCCS2)c1. The molecule has 78 valence electrons. The van der Waals surface area contributed by atoms with E-state index in [1.165, 1.54) is 17.7 Å². The molecular weight excluding hydrogens is 270 g/mol. The van der Waals surface area contributed by atoms with Crippen LogP contribution in [-0.4, -0.2) is 17.3 Å². The fourth-order valence-electron chi connectivity index (χ4n) is 1.35. The molecule has 0 amide bonds. The van der Waals surface area contributed by atoms with Gasteiger partial charge in [0.2, 0.25) is 0 Å². The second-order valence-corrected chi connectivity index (χ2v) is 5.34. The van der Waals surface area contributed by atoms with E-state index in [9.17, 15) is 0 Å². The van der Waals surface area contributed by atoms with E-state index in [1.54, 1.807) is 0 Å². The topological polar surface area (TPSA) is 12.4 Å². The van der Waals surface area contributed by atoms with Gasteiger partial charge in [0.15, 0.2) is 0 Å². The maximum atomic E-state index is 4.45. The fraction of sp³-hybridized carbons (Fsp3) is 0.250. The molecule has 1 aromatic carbocycles. The number of hydrogen-bond acceptors (Lipinski definition) is 2. The van der Waals surface area contributed by atoms with Crippen molar-refractivity contribution < 1.29 is 0 Å². The van der Waals surface area contributed by atoms with E-state index < -0.39 is 0 Å². The maximum Gasteiger partial charge on any atom is 0.0904 e. The molecule has 1 aliphatic rings. The Kier molecular flexibility index (Phi) is 4.03. The van der Waals surface area contributed by atoms with Gasteiger partial charge in [0.1, 0.15) is 0 Å². The van der Waals surface area contributed by atoms with Crippen LogP contribution in [0.15, 0.2) is 39.8 Å². The van der Waals surface area contributed by atoms with E-state index in [2.05, 4.69) is 45.2 Å². The summed E-state index contributed by atoms with van der Waals surface area (Å²) in [6, 6.07) is 8.27. The second-order valence-electron chi connectivity index (χ2n) is 3.31. The van der Waals surface area contributed by atoms with Crippen molar-refractivity contribution in [3.63, 3.8) is 0 Å². The summed E-state index contributed by atoms with van der Waals surface area (Å²) in [4.78, 5) is 4.45. The highest BCUT2D eigenvalue weighted by Crippen LogP contribution is 2.16. The predicted molar refractivity (Wildman–Crippen MR) is 72.6 cm³/mol. The third kappa shape index (κ3) is 3.50. The Morgan fingerprint density at radius 3 is 3.00 bits per heavy atom. The van der Waals surface area contributed by atoms with Crippen LogP contribution in [0, 0.1) is 0 Å². The molecule has 0 bridgehead atoms. The molecule has 1 nitrogen and oxygen atoms in total. The number of thioether (sulfide) groups is 1. The Balaban J connectivity index is 2.07. The van der Waals surface area contributed by atoms with E-state index in [0.29, 0.717) is 0 Å². The quantitative estimate of drug-likeness (QED) is 0.798. The Morgan fingerprint density at radius 1 is 1.33 bits per heavy atom. The number of hydrogen-bond donors (Lipinski definition) is 0. The molecule has 0 aromatic heterocycles. The van der Waals surface area contributed by atoms with Crippen LogP contribution in [0.5, 0.6) is 0 Å². The maximum absolute atomic E-state index is 4.45. The molecule has 0 saturated carbocycles. The summed E-state index contributed by atoms with van der Waals surface area (Å²) in [5, 5.41) is 1.15. The average molecular weight is 282 g/mol. The van der Waals surface area contributed by atoms with Crippen LogP contribution < -0.4 is 0 Å². The van der Waals surface area contributed by atoms with Crippen LogP contribution >= 0.6 is 27.7 Å². The van der Waals surface area contributed by atoms with Gasteiger partial charge in [-0.1, -0.05) is 34.1 Å². The number of nitrogens with zero attached hydrogens (tertiary/aromatic N) is 1. The van der Waals surface area contributed by atoms with E-state index >= 15 is 0 Å². The van der Waals surface area contributed by atoms with Crippen LogP contribution in [0.25, 0.3) is 6.08 Å². The van der Waals surface area contributed by atoms with E-state index in [1.807, 2.05) is 23.9 Å². The molecule has 0 saturated heterocycles. The molecule has 2 rings (SSSR count). The van der Waals surface area contributed by atoms with E-state index in [4.69, 9.17) is 0 Å². The first-order valence-corrected chi connectivity index (χ1v) is 6.73. The first kappa shape index (κ1) is 11.0. The van der Waals surface area contributed by atoms with Gasteiger partial charge in [-0.3, -0.25) is 4.99 Å². The summed E-state index contributed by atoms with van der Waals surface area (Å²) in [6.07, 6.45) is 5.42. The zero-order valence-corrected chi connectivity index (χ0v) is 10.7. The summed E-state index contributed by atoms with van der Waals surface area (Å²) in [5.74, 6) is 1.20. The highest BCUT2D eigenvalue weighted by atomic mass is 79.9. The van der Waals surface area contributed by atoms with Gasteiger partial charge in [-0.2, -0.15) is 0 Å². The Bertz CT molecular complexity index is 398. The number of aliphatic imine (C=N–C) groups is 1. The van der Waals surface area contributed by atoms with Crippen molar-refractivity contribution in [2.24, 2.45) is 4.99 Å². The zero-order chi connectivity index (χ0) is 10.5. The summed E-state index contributed by atoms with van der Waals surface area (Å²) in [5.41, 5.74) is 1.21. The highest BCUT2D eigenvalue weighted by Gasteiger charge is 2.01. The van der Waals surface area contributed by atoms with Crippen molar-refractivity contribution >= 4 is 38.8 Å². The van der Waals surface area contributed by atoms with Gasteiger partial charge in [-0.15, -0.1) is 11.8 Å². The summed E-state index contributed by atoms with van der Waals surface area (Å²) in [6.45, 7) is 0.977. The minimum Gasteiger partial charge on any atom is -0.278 e. The molecule has 0 spiro atoms. The summed E-state index contributed by atoms with van der Waals surface area (Å²) in [7, 11) is 0. The van der Waals surface area contributed by atoms with Gasteiger partial charge in [0, 0.05) is 16.8 Å². The first-order valence-electron chi connectivity index (χ1n) is 4.95. The third-order valence-corrected chi connectivity index (χ3v) is 3.63. The molecule has 0 fully saturated rings. The molecular formula is C12H12BrNS. The minimum absolute atomic E-state index is 0.977. The smallest absolute Gasteiger partial charge is 0.0904 e. The zero-order valence-electron chi connectivity index (χ0n) is 8.32. The van der Waals surface area contributed by atoms with E-state index in [0.717, 1.165) is 16.1 Å². The lowest BCUT2D eigenvalue weighted by Gasteiger charge is -2.06. The van der Waals surface area contributed by atoms with Gasteiger partial charge < -0.3 is 0 Å². The van der Waals surface area contributed by atoms with Crippen molar-refractivity contribution in [2.45, 2.75) is 6.42 Å². The third-order valence-electron chi connectivity index (χ3n) is 2.09. The lowest BCUT2D eigenvalue weighted by molar-refractivity contribution is 0.940. The largest absolute Gasteiger partial charge is 0.278 e. The molecule has 3 heteroatoms. The monoisotopic (exact) mass is 281 g/mol. The molecule has 1 aliphatic heterocycles. The summed E-state index contributed by atoms with van der Waals surface area (Å²) < 4.78 is 1.11. The van der Waals surface area contributed by atoms with Crippen LogP contribution in [-0.2, 0) is 0 Å². The molecule has 15 heavy (non-hydrogen) atoms. The first-order chi connectivity index (χ1) is 7.34. The number of halogens is 1. The molecule has 0 aliphatic carbocycles. The van der Waals surface area contributed by atoms with Crippen molar-refractivity contribution in [3.05, 3.63) is 40.4 Å². The lowest BCUT2D eigenvalue weighted by atomic mass is 10.2. The van der Waals surface area contributed by atoms with E-state index in [-0.39, 0.29) is 0 Å². The summed E-state index contributed by atoms with van der Waals surface area (Å²) >= 11 is 5.30. The number of benzene rings is 1. The Hall–Kier alpha value is -0.540. The molecule has 0 N–H and O–H groups in total. The molecule has 0 radical (unpaired) electrons. The second kappa shape index (κ2) is 5.52. The average Bonchev–Trinajstić information content (AvgIpc) is 2.28.